The van der Waals surface area contributed by atoms with Crippen molar-refractivity contribution in [3.8, 4) is 0 Å². The minimum Gasteiger partial charge on any atom is -0.445 e. The Morgan fingerprint density at radius 1 is 1.15 bits per heavy atom. The first-order chi connectivity index (χ1) is 12.5. The molecule has 2 aromatic rings. The maximum atomic E-state index is 13.7. The van der Waals surface area contributed by atoms with E-state index in [1.54, 1.807) is 0 Å². The average Bonchev–Trinajstić information content (AvgIpc) is 3.13. The second kappa shape index (κ2) is 7.95. The highest BCUT2D eigenvalue weighted by Crippen LogP contribution is 2.22. The van der Waals surface area contributed by atoms with E-state index < -0.39 is 29.7 Å². The predicted octanol–water partition coefficient (Wildman–Crippen LogP) is 3.70. The SMILES string of the molecule is O=C(Nc1ccc(F)cc1F)C1CCCN1C(=O)OCc1ccccc1. The summed E-state index contributed by atoms with van der Waals surface area (Å²) in [6.07, 6.45) is 0.505. The van der Waals surface area contributed by atoms with Gasteiger partial charge in [0.25, 0.3) is 0 Å². The minimum absolute atomic E-state index is 0.108. The van der Waals surface area contributed by atoms with E-state index in [0.717, 1.165) is 17.7 Å². The van der Waals surface area contributed by atoms with Crippen LogP contribution in [0.3, 0.4) is 0 Å². The van der Waals surface area contributed by atoms with Crippen molar-refractivity contribution in [3.63, 3.8) is 0 Å². The number of anilines is 1. The molecule has 1 heterocycles. The number of nitrogens with zero attached hydrogens (tertiary/aromatic N) is 1. The molecule has 2 amide bonds. The van der Waals surface area contributed by atoms with Crippen LogP contribution < -0.4 is 5.32 Å². The zero-order valence-electron chi connectivity index (χ0n) is 14.0. The molecule has 1 aliphatic heterocycles. The molecule has 2 aromatic carbocycles. The molecule has 1 N–H and O–H groups in total. The molecule has 1 atom stereocenters. The van der Waals surface area contributed by atoms with E-state index in [-0.39, 0.29) is 12.3 Å². The predicted molar refractivity (Wildman–Crippen MR) is 91.3 cm³/mol. The Morgan fingerprint density at radius 3 is 2.65 bits per heavy atom. The van der Waals surface area contributed by atoms with E-state index in [4.69, 9.17) is 4.74 Å². The van der Waals surface area contributed by atoms with Crippen LogP contribution in [0.15, 0.2) is 48.5 Å². The Balaban J connectivity index is 1.61. The summed E-state index contributed by atoms with van der Waals surface area (Å²) in [6, 6.07) is 11.4. The molecule has 0 aliphatic carbocycles. The maximum absolute atomic E-state index is 13.7. The summed E-state index contributed by atoms with van der Waals surface area (Å²) >= 11 is 0. The van der Waals surface area contributed by atoms with E-state index in [0.29, 0.717) is 25.5 Å². The summed E-state index contributed by atoms with van der Waals surface area (Å²) in [4.78, 5) is 26.1. The molecule has 0 aromatic heterocycles. The van der Waals surface area contributed by atoms with Gasteiger partial charge >= 0.3 is 6.09 Å². The van der Waals surface area contributed by atoms with Gasteiger partial charge in [0, 0.05) is 12.6 Å². The van der Waals surface area contributed by atoms with Crippen LogP contribution in [-0.4, -0.2) is 29.5 Å². The lowest BCUT2D eigenvalue weighted by molar-refractivity contribution is -0.120. The second-order valence-corrected chi connectivity index (χ2v) is 6.01. The number of nitrogens with one attached hydrogen (secondary N) is 1. The third kappa shape index (κ3) is 4.17. The van der Waals surface area contributed by atoms with Gasteiger partial charge in [0.1, 0.15) is 24.3 Å². The monoisotopic (exact) mass is 360 g/mol. The van der Waals surface area contributed by atoms with Crippen molar-refractivity contribution in [1.82, 2.24) is 4.90 Å². The van der Waals surface area contributed by atoms with Crippen molar-refractivity contribution >= 4 is 17.7 Å². The fourth-order valence-electron chi connectivity index (χ4n) is 2.87. The smallest absolute Gasteiger partial charge is 0.410 e. The van der Waals surface area contributed by atoms with Gasteiger partial charge in [-0.15, -0.1) is 0 Å². The van der Waals surface area contributed by atoms with E-state index in [9.17, 15) is 18.4 Å². The molecule has 0 bridgehead atoms. The first-order valence-electron chi connectivity index (χ1n) is 8.28. The third-order valence-corrected chi connectivity index (χ3v) is 4.18. The van der Waals surface area contributed by atoms with Crippen LogP contribution in [0, 0.1) is 11.6 Å². The largest absolute Gasteiger partial charge is 0.445 e. The highest BCUT2D eigenvalue weighted by atomic mass is 19.1. The van der Waals surface area contributed by atoms with Gasteiger partial charge in [-0.2, -0.15) is 0 Å². The molecule has 1 aliphatic rings. The Morgan fingerprint density at radius 2 is 1.92 bits per heavy atom. The summed E-state index contributed by atoms with van der Waals surface area (Å²) < 4.78 is 31.9. The Labute approximate surface area is 149 Å². The molecule has 0 spiro atoms. The number of likely N-dealkylation sites (tertiary alicyclic amines) is 1. The standard InChI is InChI=1S/C19H18F2N2O3/c20-14-8-9-16(15(21)11-14)22-18(24)17-7-4-10-23(17)19(25)26-12-13-5-2-1-3-6-13/h1-3,5-6,8-9,11,17H,4,7,10,12H2,(H,22,24). The molecule has 1 saturated heterocycles. The van der Waals surface area contributed by atoms with Gasteiger partial charge in [-0.25, -0.2) is 13.6 Å². The number of benzene rings is 2. The van der Waals surface area contributed by atoms with Crippen LogP contribution in [0.25, 0.3) is 0 Å². The molecule has 1 unspecified atom stereocenters. The first kappa shape index (κ1) is 17.8. The molecular formula is C19H18F2N2O3. The van der Waals surface area contributed by atoms with Crippen LogP contribution in [0.2, 0.25) is 0 Å². The van der Waals surface area contributed by atoms with Gasteiger partial charge in [0.2, 0.25) is 5.91 Å². The van der Waals surface area contributed by atoms with Gasteiger partial charge in [-0.05, 0) is 30.5 Å². The minimum atomic E-state index is -0.866. The number of ether oxygens (including phenoxy) is 1. The lowest BCUT2D eigenvalue weighted by Gasteiger charge is -2.23. The molecular weight excluding hydrogens is 342 g/mol. The zero-order chi connectivity index (χ0) is 18.5. The van der Waals surface area contributed by atoms with Crippen LogP contribution >= 0.6 is 0 Å². The summed E-state index contributed by atoms with van der Waals surface area (Å²) in [7, 11) is 0. The fraction of sp³-hybridized carbons (Fsp3) is 0.263. The van der Waals surface area contributed by atoms with E-state index in [1.165, 1.54) is 4.90 Å². The molecule has 1 fully saturated rings. The molecule has 0 saturated carbocycles. The Bertz CT molecular complexity index is 799. The molecule has 3 rings (SSSR count). The molecule has 0 radical (unpaired) electrons. The maximum Gasteiger partial charge on any atom is 0.410 e. The summed E-state index contributed by atoms with van der Waals surface area (Å²) in [5.74, 6) is -2.12. The fourth-order valence-corrected chi connectivity index (χ4v) is 2.87. The van der Waals surface area contributed by atoms with Crippen molar-refractivity contribution in [2.75, 3.05) is 11.9 Å². The number of amides is 2. The number of carbonyl (C=O) groups is 2. The number of carbonyl (C=O) groups excluding carboxylic acids is 2. The number of hydrogen-bond donors (Lipinski definition) is 1. The van der Waals surface area contributed by atoms with Crippen LogP contribution in [0.1, 0.15) is 18.4 Å². The summed E-state index contributed by atoms with van der Waals surface area (Å²) in [5.41, 5.74) is 0.718. The second-order valence-electron chi connectivity index (χ2n) is 6.01. The van der Waals surface area contributed by atoms with E-state index in [1.807, 2.05) is 30.3 Å². The number of rotatable bonds is 4. The van der Waals surface area contributed by atoms with Crippen molar-refractivity contribution in [3.05, 3.63) is 65.7 Å². The molecule has 5 nitrogen and oxygen atoms in total. The van der Waals surface area contributed by atoms with Gasteiger partial charge in [-0.1, -0.05) is 30.3 Å². The Kier molecular flexibility index (Phi) is 5.46. The van der Waals surface area contributed by atoms with Crippen molar-refractivity contribution < 1.29 is 23.1 Å². The van der Waals surface area contributed by atoms with Crippen LogP contribution in [0.5, 0.6) is 0 Å². The van der Waals surface area contributed by atoms with Crippen LogP contribution in [-0.2, 0) is 16.1 Å². The van der Waals surface area contributed by atoms with Gasteiger partial charge < -0.3 is 10.1 Å². The lowest BCUT2D eigenvalue weighted by Crippen LogP contribution is -2.43. The van der Waals surface area contributed by atoms with Crippen molar-refractivity contribution in [1.29, 1.82) is 0 Å². The third-order valence-electron chi connectivity index (χ3n) is 4.18. The topological polar surface area (TPSA) is 58.6 Å². The van der Waals surface area contributed by atoms with Crippen LogP contribution in [0.4, 0.5) is 19.3 Å². The average molecular weight is 360 g/mol. The molecule has 136 valence electrons. The van der Waals surface area contributed by atoms with Gasteiger partial charge in [-0.3, -0.25) is 9.69 Å². The quantitative estimate of drug-likeness (QED) is 0.904. The highest BCUT2D eigenvalue weighted by molar-refractivity contribution is 5.96. The summed E-state index contributed by atoms with van der Waals surface area (Å²) in [6.45, 7) is 0.495. The van der Waals surface area contributed by atoms with Crippen molar-refractivity contribution in [2.24, 2.45) is 0 Å². The van der Waals surface area contributed by atoms with Gasteiger partial charge in [0.05, 0.1) is 5.69 Å². The highest BCUT2D eigenvalue weighted by Gasteiger charge is 2.35. The van der Waals surface area contributed by atoms with E-state index in [2.05, 4.69) is 5.32 Å². The van der Waals surface area contributed by atoms with Crippen molar-refractivity contribution in [2.45, 2.75) is 25.5 Å². The molecule has 26 heavy (non-hydrogen) atoms. The Hall–Kier alpha value is -2.96. The lowest BCUT2D eigenvalue weighted by atomic mass is 10.2. The summed E-state index contributed by atoms with van der Waals surface area (Å²) in [5, 5.41) is 2.41. The zero-order valence-corrected chi connectivity index (χ0v) is 14.0. The number of halogens is 2. The van der Waals surface area contributed by atoms with E-state index >= 15 is 0 Å². The van der Waals surface area contributed by atoms with Gasteiger partial charge in [0.15, 0.2) is 0 Å². The molecule has 7 heteroatoms. The first-order valence-corrected chi connectivity index (χ1v) is 8.28. The normalized spacial score (nSPS) is 16.4. The number of hydrogen-bond acceptors (Lipinski definition) is 3.